The molecule has 0 bridgehead atoms. The second-order valence-electron chi connectivity index (χ2n) is 10.4. The minimum Gasteiger partial charge on any atom is -0.309 e. The average molecular weight is 632 g/mol. The average Bonchev–Trinajstić information content (AvgIpc) is 3.43. The van der Waals surface area contributed by atoms with Gasteiger partial charge in [-0.3, -0.25) is 9.97 Å². The van der Waals surface area contributed by atoms with Gasteiger partial charge in [0.05, 0.1) is 11.0 Å². The summed E-state index contributed by atoms with van der Waals surface area (Å²) < 4.78 is 3.22. The first-order valence-corrected chi connectivity index (χ1v) is 15.0. The van der Waals surface area contributed by atoms with Crippen molar-refractivity contribution in [1.82, 2.24) is 29.5 Å². The van der Waals surface area contributed by atoms with Crippen LogP contribution in [0.25, 0.3) is 72.8 Å². The summed E-state index contributed by atoms with van der Waals surface area (Å²) in [5.41, 5.74) is 8.07. The molecule has 44 heavy (non-hydrogen) atoms. The topological polar surface area (TPSA) is 69.4 Å². The molecule has 0 radical (unpaired) electrons. The zero-order valence-corrected chi connectivity index (χ0v) is 24.9. The predicted molar refractivity (Wildman–Crippen MR) is 179 cm³/mol. The summed E-state index contributed by atoms with van der Waals surface area (Å²) in [5.74, 6) is 1.77. The van der Waals surface area contributed by atoms with Crippen LogP contribution in [0.15, 0.2) is 145 Å². The Morgan fingerprint density at radius 1 is 0.455 bits per heavy atom. The molecule has 0 N–H and O–H groups in total. The first-order chi connectivity index (χ1) is 21.7. The van der Waals surface area contributed by atoms with Gasteiger partial charge in [0.1, 0.15) is 0 Å². The largest absolute Gasteiger partial charge is 0.309 e. The minimum atomic E-state index is 0.585. The van der Waals surface area contributed by atoms with E-state index in [1.165, 1.54) is 10.8 Å². The molecule has 0 spiro atoms. The van der Waals surface area contributed by atoms with Crippen molar-refractivity contribution < 1.29 is 0 Å². The standard InChI is InChI=1S/C37H23BrN6/c38-29-20-28(21-30(22-29)44-33-9-3-1-7-31(33)32-8-2-4-10-34(32)44)37-42-35(41-36(43-37)26-15-18-39-19-16-26)25-13-11-24(12-14-25)27-6-5-17-40-23-27/h1-23H. The lowest BCUT2D eigenvalue weighted by atomic mass is 10.1. The lowest BCUT2D eigenvalue weighted by Gasteiger charge is -2.12. The number of para-hydroxylation sites is 2. The second-order valence-corrected chi connectivity index (χ2v) is 11.3. The Morgan fingerprint density at radius 2 is 1.05 bits per heavy atom. The van der Waals surface area contributed by atoms with Crippen molar-refractivity contribution in [2.24, 2.45) is 0 Å². The molecule has 208 valence electrons. The molecule has 0 amide bonds. The van der Waals surface area contributed by atoms with Gasteiger partial charge in [-0.2, -0.15) is 0 Å². The number of halogens is 1. The smallest absolute Gasteiger partial charge is 0.164 e. The summed E-state index contributed by atoms with van der Waals surface area (Å²) in [6.45, 7) is 0. The van der Waals surface area contributed by atoms with Crippen LogP contribution in [0, 0.1) is 0 Å². The third-order valence-corrected chi connectivity index (χ3v) is 8.15. The van der Waals surface area contributed by atoms with Gasteiger partial charge in [0.25, 0.3) is 0 Å². The van der Waals surface area contributed by atoms with Gasteiger partial charge >= 0.3 is 0 Å². The second kappa shape index (κ2) is 10.9. The van der Waals surface area contributed by atoms with Crippen LogP contribution in [0.4, 0.5) is 0 Å². The maximum absolute atomic E-state index is 5.01. The molecule has 6 nitrogen and oxygen atoms in total. The van der Waals surface area contributed by atoms with Crippen LogP contribution in [-0.2, 0) is 0 Å². The van der Waals surface area contributed by atoms with E-state index in [9.17, 15) is 0 Å². The van der Waals surface area contributed by atoms with Crippen LogP contribution in [0.1, 0.15) is 0 Å². The highest BCUT2D eigenvalue weighted by atomic mass is 79.9. The molecule has 0 saturated carbocycles. The third kappa shape index (κ3) is 4.73. The van der Waals surface area contributed by atoms with Crippen molar-refractivity contribution in [2.45, 2.75) is 0 Å². The first kappa shape index (κ1) is 26.1. The Kier molecular flexibility index (Phi) is 6.50. The van der Waals surface area contributed by atoms with Crippen LogP contribution in [0.3, 0.4) is 0 Å². The van der Waals surface area contributed by atoms with Crippen LogP contribution in [0.2, 0.25) is 0 Å². The van der Waals surface area contributed by atoms with Gasteiger partial charge < -0.3 is 4.57 Å². The lowest BCUT2D eigenvalue weighted by molar-refractivity contribution is 1.07. The van der Waals surface area contributed by atoms with E-state index < -0.39 is 0 Å². The fourth-order valence-corrected chi connectivity index (χ4v) is 6.12. The van der Waals surface area contributed by atoms with Gasteiger partial charge in [-0.05, 0) is 59.7 Å². The molecule has 4 heterocycles. The van der Waals surface area contributed by atoms with Crippen molar-refractivity contribution in [1.29, 1.82) is 0 Å². The number of nitrogens with zero attached hydrogens (tertiary/aromatic N) is 6. The summed E-state index contributed by atoms with van der Waals surface area (Å²) in [5, 5.41) is 2.42. The van der Waals surface area contributed by atoms with E-state index in [1.807, 2.05) is 42.6 Å². The number of fused-ring (bicyclic) bond motifs is 3. The quantitative estimate of drug-likeness (QED) is 0.190. The highest BCUT2D eigenvalue weighted by molar-refractivity contribution is 9.10. The monoisotopic (exact) mass is 630 g/mol. The minimum absolute atomic E-state index is 0.585. The van der Waals surface area contributed by atoms with Crippen molar-refractivity contribution in [2.75, 3.05) is 0 Å². The molecule has 0 atom stereocenters. The van der Waals surface area contributed by atoms with Gasteiger partial charge in [0.15, 0.2) is 17.5 Å². The van der Waals surface area contributed by atoms with E-state index >= 15 is 0 Å². The third-order valence-electron chi connectivity index (χ3n) is 7.69. The Hall–Kier alpha value is -5.53. The normalized spacial score (nSPS) is 11.3. The highest BCUT2D eigenvalue weighted by Crippen LogP contribution is 2.35. The first-order valence-electron chi connectivity index (χ1n) is 14.2. The van der Waals surface area contributed by atoms with Crippen LogP contribution in [-0.4, -0.2) is 29.5 Å². The highest BCUT2D eigenvalue weighted by Gasteiger charge is 2.16. The van der Waals surface area contributed by atoms with Gasteiger partial charge in [0.2, 0.25) is 0 Å². The molecule has 0 aliphatic heterocycles. The number of aromatic nitrogens is 6. The Bertz CT molecular complexity index is 2230. The number of hydrogen-bond acceptors (Lipinski definition) is 5. The van der Waals surface area contributed by atoms with Crippen molar-refractivity contribution in [3.05, 3.63) is 145 Å². The van der Waals surface area contributed by atoms with Crippen molar-refractivity contribution in [3.8, 4) is 51.0 Å². The molecule has 0 saturated heterocycles. The Balaban J connectivity index is 1.30. The summed E-state index contributed by atoms with van der Waals surface area (Å²) in [6.07, 6.45) is 7.14. The van der Waals surface area contributed by atoms with E-state index in [1.54, 1.807) is 18.6 Å². The van der Waals surface area contributed by atoms with Gasteiger partial charge in [0, 0.05) is 62.4 Å². The van der Waals surface area contributed by atoms with E-state index in [2.05, 4.69) is 109 Å². The van der Waals surface area contributed by atoms with Crippen molar-refractivity contribution in [3.63, 3.8) is 0 Å². The molecule has 8 aromatic rings. The fraction of sp³-hybridized carbons (Fsp3) is 0. The van der Waals surface area contributed by atoms with E-state index in [-0.39, 0.29) is 0 Å². The van der Waals surface area contributed by atoms with Crippen LogP contribution in [0.5, 0.6) is 0 Å². The maximum Gasteiger partial charge on any atom is 0.164 e. The molecule has 7 heteroatoms. The zero-order chi connectivity index (χ0) is 29.5. The molecule has 0 aliphatic carbocycles. The molecule has 0 fully saturated rings. The number of hydrogen-bond donors (Lipinski definition) is 0. The molecule has 4 aromatic heterocycles. The van der Waals surface area contributed by atoms with E-state index in [0.717, 1.165) is 49.0 Å². The van der Waals surface area contributed by atoms with Crippen LogP contribution >= 0.6 is 15.9 Å². The van der Waals surface area contributed by atoms with Gasteiger partial charge in [-0.25, -0.2) is 15.0 Å². The number of pyridine rings is 2. The molecular weight excluding hydrogens is 608 g/mol. The Morgan fingerprint density at radius 3 is 1.68 bits per heavy atom. The molecule has 0 unspecified atom stereocenters. The number of benzene rings is 4. The van der Waals surface area contributed by atoms with Crippen LogP contribution < -0.4 is 0 Å². The zero-order valence-electron chi connectivity index (χ0n) is 23.3. The van der Waals surface area contributed by atoms with Crippen molar-refractivity contribution >= 4 is 37.7 Å². The molecular formula is C37H23BrN6. The summed E-state index contributed by atoms with van der Waals surface area (Å²) >= 11 is 3.78. The SMILES string of the molecule is Brc1cc(-c2nc(-c3ccncc3)nc(-c3ccc(-c4cccnc4)cc3)n2)cc(-n2c3ccccc3c3ccccc32)c1. The molecule has 0 aliphatic rings. The number of rotatable bonds is 5. The molecule has 8 rings (SSSR count). The summed E-state index contributed by atoms with van der Waals surface area (Å²) in [4.78, 5) is 23.3. The summed E-state index contributed by atoms with van der Waals surface area (Å²) in [7, 11) is 0. The maximum atomic E-state index is 5.01. The lowest BCUT2D eigenvalue weighted by Crippen LogP contribution is -2.01. The van der Waals surface area contributed by atoms with Gasteiger partial charge in [-0.1, -0.05) is 82.7 Å². The summed E-state index contributed by atoms with van der Waals surface area (Å²) in [6, 6.07) is 39.4. The van der Waals surface area contributed by atoms with E-state index in [0.29, 0.717) is 17.5 Å². The molecule has 4 aromatic carbocycles. The Labute approximate surface area is 261 Å². The predicted octanol–water partition coefficient (Wildman–Crippen LogP) is 9.19. The fourth-order valence-electron chi connectivity index (χ4n) is 5.64. The van der Waals surface area contributed by atoms with E-state index in [4.69, 9.17) is 15.0 Å². The van der Waals surface area contributed by atoms with Gasteiger partial charge in [-0.15, -0.1) is 0 Å².